The van der Waals surface area contributed by atoms with Crippen molar-refractivity contribution < 1.29 is 27.8 Å². The Hall–Kier alpha value is -3.16. The maximum absolute atomic E-state index is 13.5. The summed E-state index contributed by atoms with van der Waals surface area (Å²) in [7, 11) is 0. The molecule has 0 spiro atoms. The summed E-state index contributed by atoms with van der Waals surface area (Å²) in [6.45, 7) is 0.707. The van der Waals surface area contributed by atoms with Crippen LogP contribution in [0, 0.1) is 11.6 Å². The number of halogens is 2. The van der Waals surface area contributed by atoms with Gasteiger partial charge in [0, 0.05) is 24.2 Å². The number of amides is 2. The average Bonchev–Trinajstić information content (AvgIpc) is 2.84. The van der Waals surface area contributed by atoms with Gasteiger partial charge >= 0.3 is 0 Å². The zero-order valence-electron chi connectivity index (χ0n) is 13.7. The summed E-state index contributed by atoms with van der Waals surface area (Å²) in [5.41, 5.74) is 0.135. The van der Waals surface area contributed by atoms with Gasteiger partial charge in [0.05, 0.1) is 25.3 Å². The standard InChI is InChI=1S/C18H16F2N2O4/c19-11-2-4-13(14(20)8-11)18(24)21-10-17(23)22-12-3-5-15-16(9-12)26-7-1-6-25-15/h2-5,8-9H,1,6-7,10H2,(H,21,24)(H,22,23). The fourth-order valence-corrected chi connectivity index (χ4v) is 2.38. The van der Waals surface area contributed by atoms with E-state index < -0.39 is 23.4 Å². The third kappa shape index (κ3) is 4.27. The van der Waals surface area contributed by atoms with E-state index in [1.807, 2.05) is 0 Å². The van der Waals surface area contributed by atoms with Crippen molar-refractivity contribution in [2.75, 3.05) is 25.1 Å². The summed E-state index contributed by atoms with van der Waals surface area (Å²) in [5.74, 6) is -1.97. The van der Waals surface area contributed by atoms with Gasteiger partial charge in [0.25, 0.3) is 5.91 Å². The minimum atomic E-state index is -0.995. The van der Waals surface area contributed by atoms with Gasteiger partial charge in [-0.3, -0.25) is 9.59 Å². The molecular weight excluding hydrogens is 346 g/mol. The maximum atomic E-state index is 13.5. The normalized spacial score (nSPS) is 12.8. The molecule has 0 atom stereocenters. The molecule has 3 rings (SSSR count). The first-order valence-corrected chi connectivity index (χ1v) is 7.95. The SMILES string of the molecule is O=C(CNC(=O)c1ccc(F)cc1F)Nc1ccc2c(c1)OCCCO2. The molecule has 0 radical (unpaired) electrons. The van der Waals surface area contributed by atoms with Gasteiger partial charge in [-0.25, -0.2) is 8.78 Å². The number of benzene rings is 2. The molecule has 1 aliphatic rings. The second kappa shape index (κ2) is 7.81. The lowest BCUT2D eigenvalue weighted by molar-refractivity contribution is -0.115. The number of hydrogen-bond acceptors (Lipinski definition) is 4. The summed E-state index contributed by atoms with van der Waals surface area (Å²) in [4.78, 5) is 23.8. The zero-order valence-corrected chi connectivity index (χ0v) is 13.7. The monoisotopic (exact) mass is 362 g/mol. The predicted molar refractivity (Wildman–Crippen MR) is 89.4 cm³/mol. The Labute approximate surface area is 148 Å². The molecule has 26 heavy (non-hydrogen) atoms. The largest absolute Gasteiger partial charge is 0.490 e. The first-order valence-electron chi connectivity index (χ1n) is 7.95. The number of rotatable bonds is 4. The van der Waals surface area contributed by atoms with Crippen molar-refractivity contribution in [3.8, 4) is 11.5 Å². The van der Waals surface area contributed by atoms with Crippen LogP contribution < -0.4 is 20.1 Å². The number of anilines is 1. The average molecular weight is 362 g/mol. The molecule has 0 aromatic heterocycles. The highest BCUT2D eigenvalue weighted by Crippen LogP contribution is 2.32. The molecule has 0 bridgehead atoms. The van der Waals surface area contributed by atoms with Crippen LogP contribution in [-0.4, -0.2) is 31.6 Å². The molecule has 0 saturated carbocycles. The molecule has 2 N–H and O–H groups in total. The smallest absolute Gasteiger partial charge is 0.254 e. The van der Waals surface area contributed by atoms with Crippen LogP contribution in [0.2, 0.25) is 0 Å². The summed E-state index contributed by atoms with van der Waals surface area (Å²) in [6, 6.07) is 7.54. The van der Waals surface area contributed by atoms with Crippen LogP contribution in [-0.2, 0) is 4.79 Å². The first kappa shape index (κ1) is 17.7. The van der Waals surface area contributed by atoms with Gasteiger partial charge in [-0.05, 0) is 24.3 Å². The molecule has 136 valence electrons. The molecule has 2 amide bonds. The summed E-state index contributed by atoms with van der Waals surface area (Å²) < 4.78 is 37.4. The van der Waals surface area contributed by atoms with Gasteiger partial charge in [-0.1, -0.05) is 0 Å². The van der Waals surface area contributed by atoms with Gasteiger partial charge in [0.1, 0.15) is 11.6 Å². The molecule has 0 saturated heterocycles. The third-order valence-electron chi connectivity index (χ3n) is 3.62. The molecule has 6 nitrogen and oxygen atoms in total. The van der Waals surface area contributed by atoms with Crippen LogP contribution in [0.3, 0.4) is 0 Å². The van der Waals surface area contributed by atoms with Gasteiger partial charge in [0.15, 0.2) is 11.5 Å². The van der Waals surface area contributed by atoms with E-state index in [-0.39, 0.29) is 12.1 Å². The Balaban J connectivity index is 1.57. The number of carbonyl (C=O) groups is 2. The zero-order chi connectivity index (χ0) is 18.5. The summed E-state index contributed by atoms with van der Waals surface area (Å²) in [5, 5.41) is 4.88. The molecule has 0 aliphatic carbocycles. The molecule has 0 unspecified atom stereocenters. The van der Waals surface area contributed by atoms with Crippen LogP contribution in [0.4, 0.5) is 14.5 Å². The second-order valence-corrected chi connectivity index (χ2v) is 5.57. The minimum absolute atomic E-state index is 0.338. The molecule has 8 heteroatoms. The van der Waals surface area contributed by atoms with E-state index in [4.69, 9.17) is 9.47 Å². The lowest BCUT2D eigenvalue weighted by atomic mass is 10.2. The highest BCUT2D eigenvalue weighted by Gasteiger charge is 2.15. The highest BCUT2D eigenvalue weighted by molar-refractivity contribution is 5.99. The van der Waals surface area contributed by atoms with Gasteiger partial charge in [0.2, 0.25) is 5.91 Å². The molecule has 0 fully saturated rings. The van der Waals surface area contributed by atoms with Gasteiger partial charge < -0.3 is 20.1 Å². The number of hydrogen-bond donors (Lipinski definition) is 2. The fourth-order valence-electron chi connectivity index (χ4n) is 2.38. The second-order valence-electron chi connectivity index (χ2n) is 5.57. The summed E-state index contributed by atoms with van der Waals surface area (Å²) >= 11 is 0. The van der Waals surface area contributed by atoms with Crippen molar-refractivity contribution in [2.24, 2.45) is 0 Å². The predicted octanol–water partition coefficient (Wildman–Crippen LogP) is 2.49. The van der Waals surface area contributed by atoms with Crippen LogP contribution >= 0.6 is 0 Å². The fraction of sp³-hybridized carbons (Fsp3) is 0.222. The van der Waals surface area contributed by atoms with E-state index in [9.17, 15) is 18.4 Å². The number of ether oxygens (including phenoxy) is 2. The Morgan fingerprint density at radius 3 is 2.54 bits per heavy atom. The first-order chi connectivity index (χ1) is 12.5. The lowest BCUT2D eigenvalue weighted by Crippen LogP contribution is -2.33. The van der Waals surface area contributed by atoms with E-state index in [0.717, 1.165) is 18.6 Å². The molecule has 2 aromatic carbocycles. The van der Waals surface area contributed by atoms with Gasteiger partial charge in [-0.15, -0.1) is 0 Å². The van der Waals surface area contributed by atoms with E-state index in [2.05, 4.69) is 10.6 Å². The molecule has 1 aliphatic heterocycles. The van der Waals surface area contributed by atoms with Crippen molar-refractivity contribution in [1.82, 2.24) is 5.32 Å². The van der Waals surface area contributed by atoms with Gasteiger partial charge in [-0.2, -0.15) is 0 Å². The van der Waals surface area contributed by atoms with Crippen molar-refractivity contribution in [3.05, 3.63) is 53.6 Å². The molecule has 2 aromatic rings. The van der Waals surface area contributed by atoms with Crippen molar-refractivity contribution >= 4 is 17.5 Å². The Morgan fingerprint density at radius 1 is 1.00 bits per heavy atom. The van der Waals surface area contributed by atoms with Crippen molar-refractivity contribution in [3.63, 3.8) is 0 Å². The topological polar surface area (TPSA) is 76.7 Å². The van der Waals surface area contributed by atoms with Crippen molar-refractivity contribution in [2.45, 2.75) is 6.42 Å². The quantitative estimate of drug-likeness (QED) is 0.876. The Bertz CT molecular complexity index is 842. The van der Waals surface area contributed by atoms with Crippen molar-refractivity contribution in [1.29, 1.82) is 0 Å². The Morgan fingerprint density at radius 2 is 1.77 bits per heavy atom. The van der Waals surface area contributed by atoms with Crippen LogP contribution in [0.5, 0.6) is 11.5 Å². The highest BCUT2D eigenvalue weighted by atomic mass is 19.1. The summed E-state index contributed by atoms with van der Waals surface area (Å²) in [6.07, 6.45) is 0.766. The molecular formula is C18H16F2N2O4. The number of fused-ring (bicyclic) bond motifs is 1. The maximum Gasteiger partial charge on any atom is 0.254 e. The van der Waals surface area contributed by atoms with E-state index in [0.29, 0.717) is 36.5 Å². The minimum Gasteiger partial charge on any atom is -0.490 e. The lowest BCUT2D eigenvalue weighted by Gasteiger charge is -2.11. The van der Waals surface area contributed by atoms with Crippen LogP contribution in [0.15, 0.2) is 36.4 Å². The van der Waals surface area contributed by atoms with Crippen LogP contribution in [0.1, 0.15) is 16.8 Å². The Kier molecular flexibility index (Phi) is 5.31. The van der Waals surface area contributed by atoms with Crippen LogP contribution in [0.25, 0.3) is 0 Å². The van der Waals surface area contributed by atoms with E-state index in [1.165, 1.54) is 0 Å². The number of carbonyl (C=O) groups excluding carboxylic acids is 2. The third-order valence-corrected chi connectivity index (χ3v) is 3.62. The van der Waals surface area contributed by atoms with E-state index in [1.54, 1.807) is 18.2 Å². The molecule has 1 heterocycles. The van der Waals surface area contributed by atoms with E-state index >= 15 is 0 Å². The number of nitrogens with one attached hydrogen (secondary N) is 2.